The fraction of sp³-hybridized carbons (Fsp3) is 0.556. The smallest absolute Gasteiger partial charge is 0.287 e. The summed E-state index contributed by atoms with van der Waals surface area (Å²) in [5.74, 6) is 0.767. The average Bonchev–Trinajstić information content (AvgIpc) is 3.17. The van der Waals surface area contributed by atoms with Crippen molar-refractivity contribution in [1.82, 2.24) is 20.0 Å². The minimum atomic E-state index is -0.205. The molecule has 142 valence electrons. The molecule has 3 heterocycles. The summed E-state index contributed by atoms with van der Waals surface area (Å²) in [6.07, 6.45) is 0. The fourth-order valence-corrected chi connectivity index (χ4v) is 3.21. The van der Waals surface area contributed by atoms with Crippen molar-refractivity contribution in [1.29, 1.82) is 0 Å². The molecule has 1 amide bonds. The largest absolute Gasteiger partial charge is 0.454 e. The first kappa shape index (κ1) is 18.9. The van der Waals surface area contributed by atoms with Gasteiger partial charge in [0.25, 0.3) is 5.91 Å². The summed E-state index contributed by atoms with van der Waals surface area (Å²) in [5.41, 5.74) is 1.66. The lowest BCUT2D eigenvalue weighted by atomic mass is 10.2. The Kier molecular flexibility index (Phi) is 6.01. The first-order valence-electron chi connectivity index (χ1n) is 8.83. The molecule has 0 radical (unpaired) electrons. The molecule has 1 atom stereocenters. The maximum Gasteiger partial charge on any atom is 0.287 e. The molecule has 3 rings (SSSR count). The standard InChI is InChI=1S/C18H25ClN4O3/c1-12(10-22-6-8-25-9-7-22)20-18(24)16-5-4-15(26-16)11-23-14(3)17(19)13(2)21-23/h4-5,12H,6-11H2,1-3H3,(H,20,24). The summed E-state index contributed by atoms with van der Waals surface area (Å²) in [7, 11) is 0. The molecule has 0 spiro atoms. The van der Waals surface area contributed by atoms with Crippen LogP contribution >= 0.6 is 11.6 Å². The van der Waals surface area contributed by atoms with E-state index in [0.29, 0.717) is 23.1 Å². The third kappa shape index (κ3) is 4.47. The van der Waals surface area contributed by atoms with Gasteiger partial charge >= 0.3 is 0 Å². The number of carbonyl (C=O) groups excluding carboxylic acids is 1. The third-order valence-electron chi connectivity index (χ3n) is 4.50. The Balaban J connectivity index is 1.56. The Morgan fingerprint density at radius 3 is 2.73 bits per heavy atom. The molecule has 7 nitrogen and oxygen atoms in total. The van der Waals surface area contributed by atoms with Crippen LogP contribution < -0.4 is 5.32 Å². The van der Waals surface area contributed by atoms with Crippen LogP contribution in [-0.2, 0) is 11.3 Å². The van der Waals surface area contributed by atoms with Crippen LogP contribution in [0, 0.1) is 13.8 Å². The van der Waals surface area contributed by atoms with E-state index in [1.165, 1.54) is 0 Å². The fourth-order valence-electron chi connectivity index (χ4n) is 3.07. The molecule has 1 fully saturated rings. The zero-order valence-corrected chi connectivity index (χ0v) is 16.2. The van der Waals surface area contributed by atoms with Gasteiger partial charge in [-0.1, -0.05) is 11.6 Å². The van der Waals surface area contributed by atoms with E-state index >= 15 is 0 Å². The molecular weight excluding hydrogens is 356 g/mol. The zero-order valence-electron chi connectivity index (χ0n) is 15.4. The van der Waals surface area contributed by atoms with Crippen molar-refractivity contribution in [2.45, 2.75) is 33.4 Å². The SMILES string of the molecule is Cc1nn(Cc2ccc(C(=O)NC(C)CN3CCOCC3)o2)c(C)c1Cl. The molecule has 0 aliphatic carbocycles. The van der Waals surface area contributed by atoms with Gasteiger partial charge in [0.15, 0.2) is 5.76 Å². The van der Waals surface area contributed by atoms with Gasteiger partial charge in [-0.15, -0.1) is 0 Å². The maximum absolute atomic E-state index is 12.4. The van der Waals surface area contributed by atoms with Gasteiger partial charge in [-0.2, -0.15) is 5.10 Å². The zero-order chi connectivity index (χ0) is 18.7. The summed E-state index contributed by atoms with van der Waals surface area (Å²) in [4.78, 5) is 14.7. The van der Waals surface area contributed by atoms with Gasteiger partial charge in [0.1, 0.15) is 5.76 Å². The van der Waals surface area contributed by atoms with Crippen molar-refractivity contribution in [3.8, 4) is 0 Å². The van der Waals surface area contributed by atoms with Crippen LogP contribution in [0.4, 0.5) is 0 Å². The van der Waals surface area contributed by atoms with Crippen LogP contribution in [0.2, 0.25) is 5.02 Å². The topological polar surface area (TPSA) is 72.5 Å². The second-order valence-corrected chi connectivity index (χ2v) is 7.07. The number of aromatic nitrogens is 2. The van der Waals surface area contributed by atoms with Crippen LogP contribution in [0.25, 0.3) is 0 Å². The van der Waals surface area contributed by atoms with E-state index < -0.39 is 0 Å². The summed E-state index contributed by atoms with van der Waals surface area (Å²) >= 11 is 6.17. The number of nitrogens with one attached hydrogen (secondary N) is 1. The average molecular weight is 381 g/mol. The molecule has 2 aromatic rings. The minimum Gasteiger partial charge on any atom is -0.454 e. The molecule has 26 heavy (non-hydrogen) atoms. The lowest BCUT2D eigenvalue weighted by Crippen LogP contribution is -2.45. The van der Waals surface area contributed by atoms with Crippen molar-refractivity contribution in [3.05, 3.63) is 40.1 Å². The number of nitrogens with zero attached hydrogens (tertiary/aromatic N) is 3. The highest BCUT2D eigenvalue weighted by atomic mass is 35.5. The van der Waals surface area contributed by atoms with Crippen LogP contribution in [0.3, 0.4) is 0 Å². The molecule has 1 aliphatic rings. The van der Waals surface area contributed by atoms with E-state index in [1.54, 1.807) is 16.8 Å². The summed E-state index contributed by atoms with van der Waals surface area (Å²) in [6.45, 7) is 10.3. The number of furan rings is 1. The molecule has 2 aromatic heterocycles. The first-order valence-corrected chi connectivity index (χ1v) is 9.21. The Morgan fingerprint density at radius 1 is 1.35 bits per heavy atom. The summed E-state index contributed by atoms with van der Waals surface area (Å²) in [5, 5.41) is 8.03. The Morgan fingerprint density at radius 2 is 2.08 bits per heavy atom. The van der Waals surface area contributed by atoms with E-state index in [4.69, 9.17) is 20.8 Å². The van der Waals surface area contributed by atoms with Crippen molar-refractivity contribution >= 4 is 17.5 Å². The van der Waals surface area contributed by atoms with Gasteiger partial charge in [-0.25, -0.2) is 0 Å². The quantitative estimate of drug-likeness (QED) is 0.832. The molecule has 0 bridgehead atoms. The second-order valence-electron chi connectivity index (χ2n) is 6.70. The highest BCUT2D eigenvalue weighted by molar-refractivity contribution is 6.31. The van der Waals surface area contributed by atoms with Gasteiger partial charge in [0.2, 0.25) is 0 Å². The Hall–Kier alpha value is -1.83. The molecule has 0 saturated carbocycles. The van der Waals surface area contributed by atoms with Gasteiger partial charge in [0, 0.05) is 25.7 Å². The third-order valence-corrected chi connectivity index (χ3v) is 5.04. The summed E-state index contributed by atoms with van der Waals surface area (Å²) < 4.78 is 12.8. The van der Waals surface area contributed by atoms with Crippen LogP contribution in [0.1, 0.15) is 34.6 Å². The molecule has 1 N–H and O–H groups in total. The van der Waals surface area contributed by atoms with E-state index in [9.17, 15) is 4.79 Å². The Bertz CT molecular complexity index is 765. The molecule has 1 unspecified atom stereocenters. The minimum absolute atomic E-state index is 0.0315. The number of halogens is 1. The van der Waals surface area contributed by atoms with E-state index in [-0.39, 0.29) is 11.9 Å². The van der Waals surface area contributed by atoms with Crippen molar-refractivity contribution in [2.75, 3.05) is 32.8 Å². The molecular formula is C18H25ClN4O3. The number of ether oxygens (including phenoxy) is 1. The number of amides is 1. The van der Waals surface area contributed by atoms with Crippen LogP contribution in [0.5, 0.6) is 0 Å². The highest BCUT2D eigenvalue weighted by Crippen LogP contribution is 2.20. The number of aryl methyl sites for hydroxylation is 1. The number of hydrogen-bond acceptors (Lipinski definition) is 5. The van der Waals surface area contributed by atoms with Crippen LogP contribution in [0.15, 0.2) is 16.5 Å². The van der Waals surface area contributed by atoms with Crippen LogP contribution in [-0.4, -0.2) is 59.5 Å². The molecule has 0 aromatic carbocycles. The van der Waals surface area contributed by atoms with E-state index in [2.05, 4.69) is 15.3 Å². The predicted molar refractivity (Wildman–Crippen MR) is 98.7 cm³/mol. The highest BCUT2D eigenvalue weighted by Gasteiger charge is 2.18. The lowest BCUT2D eigenvalue weighted by molar-refractivity contribution is 0.0341. The van der Waals surface area contributed by atoms with E-state index in [0.717, 1.165) is 44.2 Å². The van der Waals surface area contributed by atoms with Crippen molar-refractivity contribution in [2.24, 2.45) is 0 Å². The van der Waals surface area contributed by atoms with Crippen molar-refractivity contribution < 1.29 is 13.9 Å². The Labute approximate surface area is 158 Å². The normalized spacial score (nSPS) is 16.6. The monoisotopic (exact) mass is 380 g/mol. The number of rotatable bonds is 6. The first-order chi connectivity index (χ1) is 12.4. The predicted octanol–water partition coefficient (Wildman–Crippen LogP) is 2.25. The van der Waals surface area contributed by atoms with Gasteiger partial charge in [0.05, 0.1) is 36.2 Å². The second kappa shape index (κ2) is 8.24. The van der Waals surface area contributed by atoms with Gasteiger partial charge in [-0.3, -0.25) is 14.4 Å². The summed E-state index contributed by atoms with van der Waals surface area (Å²) in [6, 6.07) is 3.52. The van der Waals surface area contributed by atoms with Gasteiger partial charge < -0.3 is 14.5 Å². The molecule has 8 heteroatoms. The van der Waals surface area contributed by atoms with Crippen molar-refractivity contribution in [3.63, 3.8) is 0 Å². The number of morpholine rings is 1. The van der Waals surface area contributed by atoms with E-state index in [1.807, 2.05) is 20.8 Å². The van der Waals surface area contributed by atoms with Gasteiger partial charge in [-0.05, 0) is 32.9 Å². The number of hydrogen-bond donors (Lipinski definition) is 1. The number of carbonyl (C=O) groups is 1. The molecule has 1 aliphatic heterocycles. The lowest BCUT2D eigenvalue weighted by Gasteiger charge is -2.29. The maximum atomic E-state index is 12.4. The molecule has 1 saturated heterocycles.